The van der Waals surface area contributed by atoms with Crippen molar-refractivity contribution in [2.24, 2.45) is 5.92 Å². The fourth-order valence-corrected chi connectivity index (χ4v) is 1.99. The van der Waals surface area contributed by atoms with Gasteiger partial charge in [-0.3, -0.25) is 4.79 Å². The van der Waals surface area contributed by atoms with Gasteiger partial charge in [0, 0.05) is 5.92 Å². The molecule has 0 unspecified atom stereocenters. The van der Waals surface area contributed by atoms with Crippen LogP contribution in [-0.4, -0.2) is 18.9 Å². The maximum Gasteiger partial charge on any atom is 0.169 e. The zero-order valence-electron chi connectivity index (χ0n) is 9.21. The lowest BCUT2D eigenvalue weighted by atomic mass is 9.89. The molecular weight excluding hydrogens is 248 g/mol. The molecule has 0 amide bonds. The van der Waals surface area contributed by atoms with E-state index in [4.69, 9.17) is 0 Å². The van der Waals surface area contributed by atoms with E-state index in [9.17, 15) is 13.6 Å². The van der Waals surface area contributed by atoms with Gasteiger partial charge in [-0.1, -0.05) is 0 Å². The van der Waals surface area contributed by atoms with Crippen LogP contribution in [0.2, 0.25) is 0 Å². The Bertz CT molecular complexity index is 405. The fraction of sp³-hybridized carbons (Fsp3) is 0.417. The van der Waals surface area contributed by atoms with Crippen LogP contribution in [0.1, 0.15) is 23.2 Å². The fourth-order valence-electron chi connectivity index (χ4n) is 1.99. The van der Waals surface area contributed by atoms with E-state index in [-0.39, 0.29) is 29.7 Å². The van der Waals surface area contributed by atoms with E-state index in [1.807, 2.05) is 0 Å². The number of hydrogen-bond acceptors (Lipinski definition) is 2. The second-order valence-corrected chi connectivity index (χ2v) is 4.01. The number of nitrogens with one attached hydrogen (secondary N) is 1. The highest BCUT2D eigenvalue weighted by Gasteiger charge is 2.24. The Labute approximate surface area is 105 Å². The Morgan fingerprint density at radius 3 is 2.53 bits per heavy atom. The predicted octanol–water partition coefficient (Wildman–Crippen LogP) is 2.57. The van der Waals surface area contributed by atoms with Gasteiger partial charge in [-0.05, 0) is 44.1 Å². The van der Waals surface area contributed by atoms with Crippen LogP contribution >= 0.6 is 12.4 Å². The summed E-state index contributed by atoms with van der Waals surface area (Å²) in [4.78, 5) is 11.9. The Morgan fingerprint density at radius 1 is 1.24 bits per heavy atom. The van der Waals surface area contributed by atoms with Crippen LogP contribution in [-0.2, 0) is 0 Å². The number of benzene rings is 1. The van der Waals surface area contributed by atoms with Crippen molar-refractivity contribution in [1.29, 1.82) is 0 Å². The molecule has 2 nitrogen and oxygen atoms in total. The molecule has 0 aromatic heterocycles. The van der Waals surface area contributed by atoms with Gasteiger partial charge in [-0.15, -0.1) is 12.4 Å². The Balaban J connectivity index is 0.00000144. The Morgan fingerprint density at radius 2 is 1.88 bits per heavy atom. The molecule has 0 bridgehead atoms. The second kappa shape index (κ2) is 6.07. The van der Waals surface area contributed by atoms with Gasteiger partial charge in [0.25, 0.3) is 0 Å². The first kappa shape index (κ1) is 14.1. The van der Waals surface area contributed by atoms with E-state index < -0.39 is 11.6 Å². The normalized spacial score (nSPS) is 16.4. The molecule has 17 heavy (non-hydrogen) atoms. The van der Waals surface area contributed by atoms with Gasteiger partial charge < -0.3 is 5.32 Å². The molecule has 1 aromatic carbocycles. The van der Waals surface area contributed by atoms with Crippen LogP contribution < -0.4 is 5.32 Å². The molecule has 1 saturated heterocycles. The molecule has 1 heterocycles. The summed E-state index contributed by atoms with van der Waals surface area (Å²) in [7, 11) is 0. The van der Waals surface area contributed by atoms with Crippen LogP contribution in [0.3, 0.4) is 0 Å². The minimum Gasteiger partial charge on any atom is -0.317 e. The summed E-state index contributed by atoms with van der Waals surface area (Å²) in [5.74, 6) is -1.67. The van der Waals surface area contributed by atoms with E-state index >= 15 is 0 Å². The largest absolute Gasteiger partial charge is 0.317 e. The average Bonchev–Trinajstić information content (AvgIpc) is 2.32. The molecule has 2 rings (SSSR count). The highest BCUT2D eigenvalue weighted by Crippen LogP contribution is 2.20. The summed E-state index contributed by atoms with van der Waals surface area (Å²) >= 11 is 0. The first-order valence-corrected chi connectivity index (χ1v) is 5.38. The third-order valence-electron chi connectivity index (χ3n) is 2.90. The summed E-state index contributed by atoms with van der Waals surface area (Å²) < 4.78 is 26.3. The minimum atomic E-state index is -0.634. The van der Waals surface area contributed by atoms with Crippen LogP contribution in [0.4, 0.5) is 8.78 Å². The van der Waals surface area contributed by atoms with E-state index in [0.717, 1.165) is 31.3 Å². The number of carbonyl (C=O) groups is 1. The molecule has 0 radical (unpaired) electrons. The summed E-state index contributed by atoms with van der Waals surface area (Å²) in [6, 6.07) is 3.01. The third kappa shape index (κ3) is 3.23. The van der Waals surface area contributed by atoms with Crippen molar-refractivity contribution in [3.05, 3.63) is 35.4 Å². The van der Waals surface area contributed by atoms with Gasteiger partial charge >= 0.3 is 0 Å². The van der Waals surface area contributed by atoms with E-state index in [2.05, 4.69) is 5.32 Å². The highest BCUT2D eigenvalue weighted by atomic mass is 35.5. The topological polar surface area (TPSA) is 29.1 Å². The molecule has 1 fully saturated rings. The number of ketones is 1. The monoisotopic (exact) mass is 261 g/mol. The Kier molecular flexibility index (Phi) is 5.02. The van der Waals surface area contributed by atoms with Gasteiger partial charge in [0.05, 0.1) is 5.56 Å². The number of piperidine rings is 1. The van der Waals surface area contributed by atoms with E-state index in [0.29, 0.717) is 12.8 Å². The van der Waals surface area contributed by atoms with Crippen molar-refractivity contribution in [3.63, 3.8) is 0 Å². The molecule has 0 atom stereocenters. The molecule has 1 aromatic rings. The van der Waals surface area contributed by atoms with Crippen molar-refractivity contribution >= 4 is 18.2 Å². The van der Waals surface area contributed by atoms with Gasteiger partial charge in [-0.2, -0.15) is 0 Å². The van der Waals surface area contributed by atoms with Crippen molar-refractivity contribution in [2.45, 2.75) is 12.8 Å². The maximum atomic E-state index is 13.4. The van der Waals surface area contributed by atoms with Crippen molar-refractivity contribution in [1.82, 2.24) is 5.32 Å². The molecule has 1 aliphatic rings. The quantitative estimate of drug-likeness (QED) is 0.829. The summed E-state index contributed by atoms with van der Waals surface area (Å²) in [6.07, 6.45) is 1.38. The number of Topliss-reactive ketones (excluding diaryl/α,β-unsaturated/α-hetero) is 1. The maximum absolute atomic E-state index is 13.4. The number of carbonyl (C=O) groups excluding carboxylic acids is 1. The molecule has 0 spiro atoms. The first-order chi connectivity index (χ1) is 7.68. The van der Waals surface area contributed by atoms with Crippen molar-refractivity contribution < 1.29 is 13.6 Å². The number of rotatable bonds is 2. The minimum absolute atomic E-state index is 0. The molecule has 1 aliphatic heterocycles. The van der Waals surface area contributed by atoms with Gasteiger partial charge in [0.1, 0.15) is 11.6 Å². The summed E-state index contributed by atoms with van der Waals surface area (Å²) in [5, 5.41) is 3.13. The molecular formula is C12H14ClF2NO. The molecule has 0 aliphatic carbocycles. The van der Waals surface area contributed by atoms with Gasteiger partial charge in [0.15, 0.2) is 5.78 Å². The van der Waals surface area contributed by atoms with Crippen molar-refractivity contribution in [3.8, 4) is 0 Å². The van der Waals surface area contributed by atoms with Crippen molar-refractivity contribution in [2.75, 3.05) is 13.1 Å². The van der Waals surface area contributed by atoms with Crippen LogP contribution in [0.15, 0.2) is 18.2 Å². The molecule has 5 heteroatoms. The molecule has 0 saturated carbocycles. The van der Waals surface area contributed by atoms with E-state index in [1.54, 1.807) is 0 Å². The molecule has 1 N–H and O–H groups in total. The smallest absolute Gasteiger partial charge is 0.169 e. The lowest BCUT2D eigenvalue weighted by Gasteiger charge is -2.21. The van der Waals surface area contributed by atoms with Crippen LogP contribution in [0, 0.1) is 17.6 Å². The summed E-state index contributed by atoms with van der Waals surface area (Å²) in [6.45, 7) is 1.51. The van der Waals surface area contributed by atoms with E-state index in [1.165, 1.54) is 0 Å². The van der Waals surface area contributed by atoms with Gasteiger partial charge in [0.2, 0.25) is 0 Å². The predicted molar refractivity (Wildman–Crippen MR) is 63.5 cm³/mol. The first-order valence-electron chi connectivity index (χ1n) is 5.38. The SMILES string of the molecule is Cl.O=C(c1cc(F)ccc1F)C1CCNCC1. The summed E-state index contributed by atoms with van der Waals surface area (Å²) in [5.41, 5.74) is -0.119. The highest BCUT2D eigenvalue weighted by molar-refractivity contribution is 5.98. The second-order valence-electron chi connectivity index (χ2n) is 4.01. The number of hydrogen-bond donors (Lipinski definition) is 1. The number of halogens is 3. The zero-order chi connectivity index (χ0) is 11.5. The van der Waals surface area contributed by atoms with Gasteiger partial charge in [-0.25, -0.2) is 8.78 Å². The zero-order valence-corrected chi connectivity index (χ0v) is 10.0. The Hall–Kier alpha value is -1.00. The standard InChI is InChI=1S/C12H13F2NO.ClH/c13-9-1-2-11(14)10(7-9)12(16)8-3-5-15-6-4-8;/h1-2,7-8,15H,3-6H2;1H. The molecule has 94 valence electrons. The average molecular weight is 262 g/mol. The van der Waals surface area contributed by atoms with Crippen LogP contribution in [0.25, 0.3) is 0 Å². The third-order valence-corrected chi connectivity index (χ3v) is 2.90. The lowest BCUT2D eigenvalue weighted by Crippen LogP contribution is -2.32. The lowest BCUT2D eigenvalue weighted by molar-refractivity contribution is 0.0890. The van der Waals surface area contributed by atoms with Crippen LogP contribution in [0.5, 0.6) is 0 Å².